The molecule has 3 aromatic heterocycles. The second-order valence-corrected chi connectivity index (χ2v) is 6.03. The zero-order valence-electron chi connectivity index (χ0n) is 13.9. The number of nitrogens with zero attached hydrogens (tertiary/aromatic N) is 2. The van der Waals surface area contributed by atoms with E-state index in [1.165, 1.54) is 12.3 Å². The lowest BCUT2D eigenvalue weighted by Crippen LogP contribution is -2.00. The van der Waals surface area contributed by atoms with Gasteiger partial charge in [-0.1, -0.05) is 18.2 Å². The van der Waals surface area contributed by atoms with Gasteiger partial charge in [0.2, 0.25) is 5.89 Å². The molecule has 0 spiro atoms. The number of rotatable bonds is 3. The summed E-state index contributed by atoms with van der Waals surface area (Å²) in [4.78, 5) is 21.0. The van der Waals surface area contributed by atoms with Gasteiger partial charge in [0, 0.05) is 5.56 Å². The Morgan fingerprint density at radius 2 is 1.74 bits per heavy atom. The van der Waals surface area contributed by atoms with E-state index in [1.807, 2.05) is 30.3 Å². The number of aromatic carboxylic acids is 1. The van der Waals surface area contributed by atoms with Gasteiger partial charge in [-0.2, -0.15) is 0 Å². The number of aromatic nitrogens is 2. The van der Waals surface area contributed by atoms with Crippen LogP contribution in [0.1, 0.15) is 10.4 Å². The molecule has 0 atom stereocenters. The highest BCUT2D eigenvalue weighted by Crippen LogP contribution is 2.33. The van der Waals surface area contributed by atoms with Crippen molar-refractivity contribution in [2.24, 2.45) is 0 Å². The number of pyridine rings is 1. The molecule has 0 fully saturated rings. The molecule has 3 heterocycles. The Hall–Kier alpha value is -3.93. The largest absolute Gasteiger partial charge is 0.478 e. The monoisotopic (exact) mass is 356 g/mol. The third-order valence-corrected chi connectivity index (χ3v) is 4.35. The van der Waals surface area contributed by atoms with Crippen molar-refractivity contribution >= 4 is 28.0 Å². The van der Waals surface area contributed by atoms with E-state index in [-0.39, 0.29) is 5.56 Å². The maximum absolute atomic E-state index is 11.9. The van der Waals surface area contributed by atoms with Crippen LogP contribution in [-0.2, 0) is 0 Å². The highest BCUT2D eigenvalue weighted by atomic mass is 16.4. The second kappa shape index (κ2) is 5.81. The average Bonchev–Trinajstić information content (AvgIpc) is 3.37. The molecular formula is C21H12N2O4. The summed E-state index contributed by atoms with van der Waals surface area (Å²) < 4.78 is 11.3. The molecule has 0 radical (unpaired) electrons. The summed E-state index contributed by atoms with van der Waals surface area (Å²) in [6.45, 7) is 0. The highest BCUT2D eigenvalue weighted by molar-refractivity contribution is 6.13. The Balaban J connectivity index is 1.82. The van der Waals surface area contributed by atoms with Crippen molar-refractivity contribution in [3.05, 3.63) is 72.5 Å². The Kier molecular flexibility index (Phi) is 3.30. The third-order valence-electron chi connectivity index (χ3n) is 4.35. The normalized spacial score (nSPS) is 11.3. The first kappa shape index (κ1) is 15.3. The zero-order valence-corrected chi connectivity index (χ0v) is 13.9. The number of hydrogen-bond acceptors (Lipinski definition) is 5. The minimum atomic E-state index is -1.07. The third kappa shape index (κ3) is 2.46. The standard InChI is InChI=1S/C21H12N2O4/c24-21(25)13-11-16(17-7-4-10-26-17)22-14-8-9-15-19(18(13)14)27-20(23-15)12-5-2-1-3-6-12/h1-11H,(H,24,25). The number of carbonyl (C=O) groups is 1. The molecule has 2 aromatic carbocycles. The predicted octanol–water partition coefficient (Wildman–Crippen LogP) is 5.00. The number of oxazole rings is 1. The van der Waals surface area contributed by atoms with Crippen LogP contribution in [0.2, 0.25) is 0 Å². The maximum atomic E-state index is 11.9. The topological polar surface area (TPSA) is 89.4 Å². The maximum Gasteiger partial charge on any atom is 0.336 e. The fraction of sp³-hybridized carbons (Fsp3) is 0. The first-order chi connectivity index (χ1) is 13.2. The number of carboxylic acids is 1. The lowest BCUT2D eigenvalue weighted by molar-refractivity contribution is 0.0699. The van der Waals surface area contributed by atoms with Gasteiger partial charge in [0.25, 0.3) is 0 Å². The molecule has 0 aliphatic heterocycles. The Morgan fingerprint density at radius 1 is 0.926 bits per heavy atom. The van der Waals surface area contributed by atoms with Crippen LogP contribution in [0, 0.1) is 0 Å². The number of furan rings is 1. The van der Waals surface area contributed by atoms with E-state index in [2.05, 4.69) is 9.97 Å². The van der Waals surface area contributed by atoms with Crippen molar-refractivity contribution in [1.82, 2.24) is 9.97 Å². The summed E-state index contributed by atoms with van der Waals surface area (Å²) in [6.07, 6.45) is 1.52. The Morgan fingerprint density at radius 3 is 2.48 bits per heavy atom. The van der Waals surface area contributed by atoms with Crippen LogP contribution < -0.4 is 0 Å². The Labute approximate surface area is 152 Å². The van der Waals surface area contributed by atoms with Crippen LogP contribution in [0.25, 0.3) is 44.9 Å². The van der Waals surface area contributed by atoms with Crippen LogP contribution in [0.5, 0.6) is 0 Å². The van der Waals surface area contributed by atoms with Gasteiger partial charge >= 0.3 is 5.97 Å². The number of fused-ring (bicyclic) bond motifs is 3. The number of hydrogen-bond donors (Lipinski definition) is 1. The minimum Gasteiger partial charge on any atom is -0.478 e. The molecule has 0 saturated carbocycles. The van der Waals surface area contributed by atoms with Gasteiger partial charge in [-0.15, -0.1) is 0 Å². The first-order valence-electron chi connectivity index (χ1n) is 8.27. The van der Waals surface area contributed by atoms with E-state index in [0.29, 0.717) is 39.3 Å². The highest BCUT2D eigenvalue weighted by Gasteiger charge is 2.20. The van der Waals surface area contributed by atoms with Crippen molar-refractivity contribution in [3.63, 3.8) is 0 Å². The molecule has 130 valence electrons. The van der Waals surface area contributed by atoms with Crippen molar-refractivity contribution in [2.75, 3.05) is 0 Å². The molecule has 1 N–H and O–H groups in total. The molecule has 0 bridgehead atoms. The van der Waals surface area contributed by atoms with Crippen LogP contribution in [-0.4, -0.2) is 21.0 Å². The van der Waals surface area contributed by atoms with Crippen molar-refractivity contribution in [2.45, 2.75) is 0 Å². The van der Waals surface area contributed by atoms with Crippen molar-refractivity contribution in [1.29, 1.82) is 0 Å². The fourth-order valence-electron chi connectivity index (χ4n) is 3.13. The van der Waals surface area contributed by atoms with Crippen LogP contribution in [0.3, 0.4) is 0 Å². The van der Waals surface area contributed by atoms with Crippen LogP contribution in [0.15, 0.2) is 75.8 Å². The first-order valence-corrected chi connectivity index (χ1v) is 8.27. The quantitative estimate of drug-likeness (QED) is 0.489. The average molecular weight is 356 g/mol. The van der Waals surface area contributed by atoms with Gasteiger partial charge in [0.15, 0.2) is 11.3 Å². The molecule has 0 amide bonds. The molecule has 27 heavy (non-hydrogen) atoms. The molecule has 0 unspecified atom stereocenters. The molecular weight excluding hydrogens is 344 g/mol. The predicted molar refractivity (Wildman–Crippen MR) is 99.4 cm³/mol. The summed E-state index contributed by atoms with van der Waals surface area (Å²) in [6, 6.07) is 17.9. The van der Waals surface area contributed by atoms with Crippen LogP contribution >= 0.6 is 0 Å². The number of benzene rings is 2. The summed E-state index contributed by atoms with van der Waals surface area (Å²) in [5.74, 6) is -0.132. The molecule has 0 saturated heterocycles. The lowest BCUT2D eigenvalue weighted by Gasteiger charge is -2.05. The summed E-state index contributed by atoms with van der Waals surface area (Å²) in [7, 11) is 0. The molecule has 5 rings (SSSR count). The van der Waals surface area contributed by atoms with Gasteiger partial charge in [-0.05, 0) is 42.5 Å². The second-order valence-electron chi connectivity index (χ2n) is 6.03. The number of carboxylic acid groups (broad SMARTS) is 1. The molecule has 0 aliphatic carbocycles. The van der Waals surface area contributed by atoms with Gasteiger partial charge in [-0.25, -0.2) is 14.8 Å². The van der Waals surface area contributed by atoms with Crippen LogP contribution in [0.4, 0.5) is 0 Å². The fourth-order valence-corrected chi connectivity index (χ4v) is 3.13. The van der Waals surface area contributed by atoms with E-state index in [1.54, 1.807) is 24.3 Å². The van der Waals surface area contributed by atoms with Crippen molar-refractivity contribution in [3.8, 4) is 22.9 Å². The smallest absolute Gasteiger partial charge is 0.336 e. The molecule has 5 aromatic rings. The summed E-state index contributed by atoms with van der Waals surface area (Å²) in [5, 5.41) is 10.2. The minimum absolute atomic E-state index is 0.0905. The van der Waals surface area contributed by atoms with E-state index >= 15 is 0 Å². The van der Waals surface area contributed by atoms with Gasteiger partial charge in [0.1, 0.15) is 11.2 Å². The van der Waals surface area contributed by atoms with E-state index in [4.69, 9.17) is 8.83 Å². The van der Waals surface area contributed by atoms with Crippen molar-refractivity contribution < 1.29 is 18.7 Å². The Bertz CT molecular complexity index is 1290. The van der Waals surface area contributed by atoms with E-state index in [0.717, 1.165) is 5.56 Å². The summed E-state index contributed by atoms with van der Waals surface area (Å²) >= 11 is 0. The molecule has 0 aliphatic rings. The molecule has 6 nitrogen and oxygen atoms in total. The lowest BCUT2D eigenvalue weighted by atomic mass is 10.1. The summed E-state index contributed by atoms with van der Waals surface area (Å²) in [5.41, 5.74) is 2.85. The van der Waals surface area contributed by atoms with E-state index in [9.17, 15) is 9.90 Å². The van der Waals surface area contributed by atoms with E-state index < -0.39 is 5.97 Å². The zero-order chi connectivity index (χ0) is 18.4. The van der Waals surface area contributed by atoms with Gasteiger partial charge in [-0.3, -0.25) is 0 Å². The van der Waals surface area contributed by atoms with Gasteiger partial charge in [0.05, 0.1) is 22.7 Å². The SMILES string of the molecule is O=C(O)c1cc(-c2ccco2)nc2ccc3nc(-c4ccccc4)oc3c12. The molecule has 6 heteroatoms. The van der Waals surface area contributed by atoms with Gasteiger partial charge < -0.3 is 13.9 Å².